The molecule has 9 nitrogen and oxygen atoms in total. The fourth-order valence-electron chi connectivity index (χ4n) is 3.51. The van der Waals surface area contributed by atoms with Crippen LogP contribution in [0, 0.1) is 0 Å². The molecular weight excluding hydrogens is 346 g/mol. The number of rotatable bonds is 3. The van der Waals surface area contributed by atoms with Crippen LogP contribution in [0.1, 0.15) is 6.92 Å². The summed E-state index contributed by atoms with van der Waals surface area (Å²) in [5, 5.41) is 15.5. The lowest BCUT2D eigenvalue weighted by molar-refractivity contribution is 0.0986. The molecule has 0 spiro atoms. The van der Waals surface area contributed by atoms with E-state index in [0.29, 0.717) is 30.0 Å². The van der Waals surface area contributed by atoms with Gasteiger partial charge in [-0.2, -0.15) is 10.2 Å². The molecule has 1 atom stereocenters. The number of aromatic amines is 1. The van der Waals surface area contributed by atoms with Gasteiger partial charge in [0, 0.05) is 31.5 Å². The first kappa shape index (κ1) is 16.0. The van der Waals surface area contributed by atoms with Gasteiger partial charge in [0.05, 0.1) is 30.6 Å². The molecule has 0 aliphatic carbocycles. The Balaban J connectivity index is 1.75. The van der Waals surface area contributed by atoms with Crippen LogP contribution in [0.2, 0.25) is 0 Å². The molecule has 1 fully saturated rings. The van der Waals surface area contributed by atoms with E-state index in [1.54, 1.807) is 12.4 Å². The summed E-state index contributed by atoms with van der Waals surface area (Å²) < 4.78 is 13.0. The highest BCUT2D eigenvalue weighted by Crippen LogP contribution is 2.36. The van der Waals surface area contributed by atoms with Gasteiger partial charge in [0.25, 0.3) is 0 Å². The standard InChI is InChI=1S/C18H19N7O2/c1-11-10-26-8-7-25(11)18-12(14-4-6-20-24(14)2)9-15-17(21-18)16(23-27-15)13-3-5-19-22-13/h3-6,9,11H,7-8,10H2,1-2H3,(H,19,22)/t11-/m1/s1. The van der Waals surface area contributed by atoms with Crippen LogP contribution in [0.4, 0.5) is 5.82 Å². The zero-order chi connectivity index (χ0) is 18.4. The van der Waals surface area contributed by atoms with Gasteiger partial charge in [0.1, 0.15) is 11.3 Å². The minimum atomic E-state index is 0.214. The largest absolute Gasteiger partial charge is 0.377 e. The maximum absolute atomic E-state index is 5.61. The second-order valence-electron chi connectivity index (χ2n) is 6.67. The monoisotopic (exact) mass is 365 g/mol. The van der Waals surface area contributed by atoms with Crippen LogP contribution < -0.4 is 4.90 Å². The fourth-order valence-corrected chi connectivity index (χ4v) is 3.51. The quantitative estimate of drug-likeness (QED) is 0.594. The third-order valence-corrected chi connectivity index (χ3v) is 4.92. The summed E-state index contributed by atoms with van der Waals surface area (Å²) in [6.07, 6.45) is 3.47. The van der Waals surface area contributed by atoms with Gasteiger partial charge in [0.15, 0.2) is 11.3 Å². The molecule has 4 aromatic heterocycles. The van der Waals surface area contributed by atoms with E-state index >= 15 is 0 Å². The zero-order valence-corrected chi connectivity index (χ0v) is 15.1. The minimum Gasteiger partial charge on any atom is -0.377 e. The minimum absolute atomic E-state index is 0.214. The number of aromatic nitrogens is 6. The second kappa shape index (κ2) is 6.20. The van der Waals surface area contributed by atoms with Crippen molar-refractivity contribution in [2.24, 2.45) is 7.05 Å². The van der Waals surface area contributed by atoms with Gasteiger partial charge >= 0.3 is 0 Å². The number of pyridine rings is 1. The van der Waals surface area contributed by atoms with Crippen molar-refractivity contribution in [2.45, 2.75) is 13.0 Å². The van der Waals surface area contributed by atoms with Crippen LogP contribution >= 0.6 is 0 Å². The molecule has 5 rings (SSSR count). The Hall–Kier alpha value is -3.20. The van der Waals surface area contributed by atoms with E-state index in [4.69, 9.17) is 14.2 Å². The molecule has 0 amide bonds. The van der Waals surface area contributed by atoms with E-state index in [0.717, 1.165) is 29.3 Å². The van der Waals surface area contributed by atoms with Gasteiger partial charge < -0.3 is 14.2 Å². The molecule has 1 aliphatic rings. The highest BCUT2D eigenvalue weighted by atomic mass is 16.5. The van der Waals surface area contributed by atoms with Crippen molar-refractivity contribution in [3.05, 3.63) is 30.6 Å². The van der Waals surface area contributed by atoms with Crippen LogP contribution in [0.15, 0.2) is 35.1 Å². The van der Waals surface area contributed by atoms with Crippen molar-refractivity contribution in [3.63, 3.8) is 0 Å². The molecule has 0 saturated carbocycles. The topological polar surface area (TPSA) is 97.9 Å². The van der Waals surface area contributed by atoms with Crippen molar-refractivity contribution >= 4 is 16.9 Å². The summed E-state index contributed by atoms with van der Waals surface area (Å²) in [5.74, 6) is 0.880. The molecule has 1 N–H and O–H groups in total. The molecule has 0 aromatic carbocycles. The number of nitrogens with one attached hydrogen (secondary N) is 1. The van der Waals surface area contributed by atoms with Crippen LogP contribution in [-0.4, -0.2) is 55.9 Å². The van der Waals surface area contributed by atoms with E-state index in [1.807, 2.05) is 29.9 Å². The van der Waals surface area contributed by atoms with E-state index < -0.39 is 0 Å². The number of ether oxygens (including phenoxy) is 1. The average molecular weight is 365 g/mol. The van der Waals surface area contributed by atoms with Gasteiger partial charge in [-0.1, -0.05) is 5.16 Å². The zero-order valence-electron chi connectivity index (χ0n) is 15.1. The van der Waals surface area contributed by atoms with E-state index in [9.17, 15) is 0 Å². The molecule has 27 heavy (non-hydrogen) atoms. The summed E-state index contributed by atoms with van der Waals surface area (Å²) >= 11 is 0. The van der Waals surface area contributed by atoms with E-state index in [1.165, 1.54) is 0 Å². The van der Waals surface area contributed by atoms with Gasteiger partial charge in [-0.15, -0.1) is 0 Å². The third-order valence-electron chi connectivity index (χ3n) is 4.92. The first-order valence-electron chi connectivity index (χ1n) is 8.85. The summed E-state index contributed by atoms with van der Waals surface area (Å²) in [6.45, 7) is 4.25. The lowest BCUT2D eigenvalue weighted by Crippen LogP contribution is -2.44. The van der Waals surface area contributed by atoms with Crippen LogP contribution in [0.3, 0.4) is 0 Å². The van der Waals surface area contributed by atoms with E-state index in [-0.39, 0.29) is 6.04 Å². The summed E-state index contributed by atoms with van der Waals surface area (Å²) in [4.78, 5) is 7.26. The molecule has 4 aromatic rings. The van der Waals surface area contributed by atoms with Crippen molar-refractivity contribution in [3.8, 4) is 22.6 Å². The van der Waals surface area contributed by atoms with Crippen LogP contribution in [0.25, 0.3) is 33.7 Å². The SMILES string of the molecule is C[C@@H]1COCCN1c1nc2c(-c3ccn[nH]3)noc2cc1-c1ccnn1C. The highest BCUT2D eigenvalue weighted by molar-refractivity contribution is 5.93. The maximum atomic E-state index is 5.61. The lowest BCUT2D eigenvalue weighted by Gasteiger charge is -2.35. The number of aryl methyl sites for hydroxylation is 1. The molecule has 0 unspecified atom stereocenters. The first-order chi connectivity index (χ1) is 13.2. The Labute approximate surface area is 154 Å². The van der Waals surface area contributed by atoms with E-state index in [2.05, 4.69) is 32.3 Å². The summed E-state index contributed by atoms with van der Waals surface area (Å²) in [7, 11) is 1.92. The molecule has 1 saturated heterocycles. The van der Waals surface area contributed by atoms with Crippen molar-refractivity contribution in [1.82, 2.24) is 30.1 Å². The number of morpholine rings is 1. The highest BCUT2D eigenvalue weighted by Gasteiger charge is 2.26. The van der Waals surface area contributed by atoms with Crippen molar-refractivity contribution in [1.29, 1.82) is 0 Å². The molecule has 9 heteroatoms. The normalized spacial score (nSPS) is 17.7. The molecule has 5 heterocycles. The molecular formula is C18H19N7O2. The maximum Gasteiger partial charge on any atom is 0.186 e. The number of hydrogen-bond donors (Lipinski definition) is 1. The second-order valence-corrected chi connectivity index (χ2v) is 6.67. The summed E-state index contributed by atoms with van der Waals surface area (Å²) in [6, 6.07) is 6.03. The number of H-pyrrole nitrogens is 1. The van der Waals surface area contributed by atoms with Crippen LogP contribution in [-0.2, 0) is 11.8 Å². The van der Waals surface area contributed by atoms with Gasteiger partial charge in [-0.05, 0) is 25.1 Å². The Morgan fingerprint density at radius 2 is 2.19 bits per heavy atom. The molecule has 1 aliphatic heterocycles. The smallest absolute Gasteiger partial charge is 0.186 e. The van der Waals surface area contributed by atoms with Gasteiger partial charge in [0.2, 0.25) is 0 Å². The van der Waals surface area contributed by atoms with Gasteiger partial charge in [-0.3, -0.25) is 9.78 Å². The Morgan fingerprint density at radius 3 is 2.93 bits per heavy atom. The predicted molar refractivity (Wildman–Crippen MR) is 99.2 cm³/mol. The fraction of sp³-hybridized carbons (Fsp3) is 0.333. The number of anilines is 1. The van der Waals surface area contributed by atoms with Crippen molar-refractivity contribution < 1.29 is 9.26 Å². The number of nitrogens with zero attached hydrogens (tertiary/aromatic N) is 6. The van der Waals surface area contributed by atoms with Gasteiger partial charge in [-0.25, -0.2) is 4.98 Å². The van der Waals surface area contributed by atoms with Crippen LogP contribution in [0.5, 0.6) is 0 Å². The molecule has 138 valence electrons. The van der Waals surface area contributed by atoms with Crippen molar-refractivity contribution in [2.75, 3.05) is 24.7 Å². The number of hydrogen-bond acceptors (Lipinski definition) is 7. The Bertz CT molecular complexity index is 1080. The number of fused-ring (bicyclic) bond motifs is 1. The first-order valence-corrected chi connectivity index (χ1v) is 8.85. The Morgan fingerprint density at radius 1 is 1.26 bits per heavy atom. The Kier molecular flexibility index (Phi) is 3.68. The summed E-state index contributed by atoms with van der Waals surface area (Å²) in [5.41, 5.74) is 4.69. The molecule has 0 radical (unpaired) electrons. The molecule has 0 bridgehead atoms. The predicted octanol–water partition coefficient (Wildman–Crippen LogP) is 2.24. The average Bonchev–Trinajstić information content (AvgIpc) is 3.41. The lowest BCUT2D eigenvalue weighted by atomic mass is 10.1. The third kappa shape index (κ3) is 2.58.